The van der Waals surface area contributed by atoms with Gasteiger partial charge in [-0.2, -0.15) is 5.21 Å². The largest absolute Gasteiger partial charge is 0.389 e. The molecule has 0 amide bonds. The van der Waals surface area contributed by atoms with E-state index in [-0.39, 0.29) is 0 Å². The summed E-state index contributed by atoms with van der Waals surface area (Å²) in [4.78, 5) is 0. The Morgan fingerprint density at radius 3 is 2.90 bits per heavy atom. The summed E-state index contributed by atoms with van der Waals surface area (Å²) in [5, 5.41) is 22.6. The third kappa shape index (κ3) is 0.995. The number of nitrogens with zero attached hydrogens (tertiary/aromatic N) is 3. The molecule has 2 rings (SSSR count). The standard InChI is InChI=1S/C5H8N4O/c10-5(1-2-5)3-4-6-8-9-7-4/h10H,1-3H2,(H,6,7,8,9). The van der Waals surface area contributed by atoms with E-state index in [0.29, 0.717) is 12.2 Å². The first kappa shape index (κ1) is 5.79. The predicted octanol–water partition coefficient (Wildman–Crippen LogP) is -0.733. The lowest BCUT2D eigenvalue weighted by Crippen LogP contribution is -2.11. The van der Waals surface area contributed by atoms with Crippen molar-refractivity contribution in [1.82, 2.24) is 20.6 Å². The summed E-state index contributed by atoms with van der Waals surface area (Å²) in [6.45, 7) is 0. The van der Waals surface area contributed by atoms with E-state index in [0.717, 1.165) is 12.8 Å². The van der Waals surface area contributed by atoms with E-state index >= 15 is 0 Å². The molecular weight excluding hydrogens is 132 g/mol. The molecule has 10 heavy (non-hydrogen) atoms. The molecule has 0 aromatic carbocycles. The lowest BCUT2D eigenvalue weighted by atomic mass is 10.2. The molecule has 1 heterocycles. The average molecular weight is 140 g/mol. The second-order valence-corrected chi connectivity index (χ2v) is 2.73. The molecule has 1 aromatic rings. The second kappa shape index (κ2) is 1.76. The van der Waals surface area contributed by atoms with Gasteiger partial charge in [-0.1, -0.05) is 5.21 Å². The van der Waals surface area contributed by atoms with Crippen LogP contribution < -0.4 is 0 Å². The smallest absolute Gasteiger partial charge is 0.177 e. The maximum atomic E-state index is 9.38. The van der Waals surface area contributed by atoms with Crippen molar-refractivity contribution in [1.29, 1.82) is 0 Å². The monoisotopic (exact) mass is 140 g/mol. The summed E-state index contributed by atoms with van der Waals surface area (Å²) in [6.07, 6.45) is 2.26. The minimum Gasteiger partial charge on any atom is -0.389 e. The van der Waals surface area contributed by atoms with Gasteiger partial charge in [0.1, 0.15) is 0 Å². The molecule has 1 fully saturated rings. The van der Waals surface area contributed by atoms with E-state index in [2.05, 4.69) is 20.6 Å². The molecule has 5 nitrogen and oxygen atoms in total. The van der Waals surface area contributed by atoms with E-state index < -0.39 is 5.60 Å². The predicted molar refractivity (Wildman–Crippen MR) is 32.1 cm³/mol. The van der Waals surface area contributed by atoms with Crippen LogP contribution in [0.1, 0.15) is 18.7 Å². The van der Waals surface area contributed by atoms with Crippen LogP contribution in [-0.2, 0) is 6.42 Å². The molecule has 1 saturated carbocycles. The quantitative estimate of drug-likeness (QED) is 0.567. The van der Waals surface area contributed by atoms with E-state index in [1.165, 1.54) is 0 Å². The van der Waals surface area contributed by atoms with Gasteiger partial charge in [-0.25, -0.2) is 0 Å². The van der Waals surface area contributed by atoms with Crippen molar-refractivity contribution < 1.29 is 5.11 Å². The molecular formula is C5H8N4O. The van der Waals surface area contributed by atoms with Crippen molar-refractivity contribution in [2.45, 2.75) is 24.9 Å². The summed E-state index contributed by atoms with van der Waals surface area (Å²) >= 11 is 0. The fraction of sp³-hybridized carbons (Fsp3) is 0.800. The summed E-state index contributed by atoms with van der Waals surface area (Å²) in [5.41, 5.74) is -0.510. The van der Waals surface area contributed by atoms with Gasteiger partial charge in [0, 0.05) is 6.42 Å². The van der Waals surface area contributed by atoms with Gasteiger partial charge in [-0.05, 0) is 12.8 Å². The summed E-state index contributed by atoms with van der Waals surface area (Å²) in [7, 11) is 0. The first-order chi connectivity index (χ1) is 4.79. The van der Waals surface area contributed by atoms with Crippen LogP contribution in [0, 0.1) is 0 Å². The van der Waals surface area contributed by atoms with Crippen molar-refractivity contribution in [3.63, 3.8) is 0 Å². The van der Waals surface area contributed by atoms with E-state index in [1.807, 2.05) is 0 Å². The molecule has 1 aromatic heterocycles. The Balaban J connectivity index is 2.04. The maximum absolute atomic E-state index is 9.38. The second-order valence-electron chi connectivity index (χ2n) is 2.73. The van der Waals surface area contributed by atoms with Gasteiger partial charge < -0.3 is 5.11 Å². The minimum atomic E-state index is -0.510. The molecule has 0 spiro atoms. The number of aliphatic hydroxyl groups is 1. The topological polar surface area (TPSA) is 74.7 Å². The number of hydrogen-bond acceptors (Lipinski definition) is 4. The Hall–Kier alpha value is -0.970. The van der Waals surface area contributed by atoms with Gasteiger partial charge in [0.25, 0.3) is 0 Å². The Bertz CT molecular complexity index is 216. The van der Waals surface area contributed by atoms with Gasteiger partial charge in [-0.15, -0.1) is 10.2 Å². The molecule has 2 N–H and O–H groups in total. The molecule has 0 bridgehead atoms. The summed E-state index contributed by atoms with van der Waals surface area (Å²) in [5.74, 6) is 0.597. The highest BCUT2D eigenvalue weighted by Gasteiger charge is 2.41. The van der Waals surface area contributed by atoms with Gasteiger partial charge in [0.05, 0.1) is 5.60 Å². The van der Waals surface area contributed by atoms with Crippen LogP contribution in [0.2, 0.25) is 0 Å². The number of hydrogen-bond donors (Lipinski definition) is 2. The van der Waals surface area contributed by atoms with Crippen LogP contribution in [0.15, 0.2) is 0 Å². The van der Waals surface area contributed by atoms with Crippen molar-refractivity contribution in [3.8, 4) is 0 Å². The first-order valence-corrected chi connectivity index (χ1v) is 3.23. The van der Waals surface area contributed by atoms with Crippen LogP contribution >= 0.6 is 0 Å². The van der Waals surface area contributed by atoms with Crippen LogP contribution in [0.5, 0.6) is 0 Å². The summed E-state index contributed by atoms with van der Waals surface area (Å²) < 4.78 is 0. The molecule has 0 saturated heterocycles. The number of tetrazole rings is 1. The van der Waals surface area contributed by atoms with E-state index in [4.69, 9.17) is 0 Å². The zero-order chi connectivity index (χ0) is 7.03. The summed E-state index contributed by atoms with van der Waals surface area (Å²) in [6, 6.07) is 0. The zero-order valence-corrected chi connectivity index (χ0v) is 5.41. The lowest BCUT2D eigenvalue weighted by molar-refractivity contribution is 0.148. The molecule has 0 atom stereocenters. The Kier molecular flexibility index (Phi) is 1.02. The molecule has 0 unspecified atom stereocenters. The van der Waals surface area contributed by atoms with Crippen LogP contribution in [0.3, 0.4) is 0 Å². The molecule has 1 aliphatic carbocycles. The molecule has 54 valence electrons. The Morgan fingerprint density at radius 1 is 1.60 bits per heavy atom. The van der Waals surface area contributed by atoms with Gasteiger partial charge in [-0.3, -0.25) is 0 Å². The van der Waals surface area contributed by atoms with Gasteiger partial charge >= 0.3 is 0 Å². The number of aromatic nitrogens is 4. The fourth-order valence-electron chi connectivity index (χ4n) is 0.873. The van der Waals surface area contributed by atoms with Crippen LogP contribution in [-0.4, -0.2) is 31.3 Å². The van der Waals surface area contributed by atoms with E-state index in [9.17, 15) is 5.11 Å². The highest BCUT2D eigenvalue weighted by molar-refractivity contribution is 5.00. The fourth-order valence-corrected chi connectivity index (χ4v) is 0.873. The van der Waals surface area contributed by atoms with Crippen molar-refractivity contribution >= 4 is 0 Å². The van der Waals surface area contributed by atoms with E-state index in [1.54, 1.807) is 0 Å². The number of H-pyrrole nitrogens is 1. The van der Waals surface area contributed by atoms with Crippen LogP contribution in [0.25, 0.3) is 0 Å². The number of rotatable bonds is 2. The van der Waals surface area contributed by atoms with Gasteiger partial charge in [0.2, 0.25) is 0 Å². The number of aromatic amines is 1. The zero-order valence-electron chi connectivity index (χ0n) is 5.41. The SMILES string of the molecule is OC1(Cc2nn[nH]n2)CC1. The average Bonchev–Trinajstić information content (AvgIpc) is 2.47. The normalized spacial score (nSPS) is 20.9. The Labute approximate surface area is 57.5 Å². The third-order valence-corrected chi connectivity index (χ3v) is 1.70. The molecule has 0 aliphatic heterocycles. The highest BCUT2D eigenvalue weighted by Crippen LogP contribution is 2.37. The first-order valence-electron chi connectivity index (χ1n) is 3.23. The maximum Gasteiger partial charge on any atom is 0.177 e. The molecule has 0 radical (unpaired) electrons. The Morgan fingerprint density at radius 2 is 2.40 bits per heavy atom. The van der Waals surface area contributed by atoms with Crippen molar-refractivity contribution in [3.05, 3.63) is 5.82 Å². The lowest BCUT2D eigenvalue weighted by Gasteiger charge is -1.99. The third-order valence-electron chi connectivity index (χ3n) is 1.70. The van der Waals surface area contributed by atoms with Gasteiger partial charge in [0.15, 0.2) is 5.82 Å². The molecule has 1 aliphatic rings. The van der Waals surface area contributed by atoms with Crippen molar-refractivity contribution in [2.75, 3.05) is 0 Å². The van der Waals surface area contributed by atoms with Crippen molar-refractivity contribution in [2.24, 2.45) is 0 Å². The minimum absolute atomic E-state index is 0.510. The van der Waals surface area contributed by atoms with Crippen LogP contribution in [0.4, 0.5) is 0 Å². The molecule has 5 heteroatoms. The number of nitrogens with one attached hydrogen (secondary N) is 1. The highest BCUT2D eigenvalue weighted by atomic mass is 16.3.